The Bertz CT molecular complexity index is 368. The van der Waals surface area contributed by atoms with Gasteiger partial charge in [-0.1, -0.05) is 6.07 Å². The number of nitrogens with two attached hydrogens (primary N) is 1. The molecule has 0 fully saturated rings. The lowest BCUT2D eigenvalue weighted by atomic mass is 10.2. The van der Waals surface area contributed by atoms with E-state index in [1.165, 1.54) is 24.1 Å². The molecule has 1 atom stereocenters. The molecule has 1 heterocycles. The van der Waals surface area contributed by atoms with Crippen LogP contribution in [0.5, 0.6) is 0 Å². The Morgan fingerprint density at radius 3 is 3.12 bits per heavy atom. The molecular formula is C13H21N3O. The zero-order valence-electron chi connectivity index (χ0n) is 10.4. The monoisotopic (exact) mass is 235 g/mol. The van der Waals surface area contributed by atoms with Crippen LogP contribution in [0.1, 0.15) is 24.1 Å². The van der Waals surface area contributed by atoms with Crippen LogP contribution >= 0.6 is 0 Å². The number of ether oxygens (including phenoxy) is 1. The van der Waals surface area contributed by atoms with Gasteiger partial charge in [0.05, 0.1) is 0 Å². The molecule has 17 heavy (non-hydrogen) atoms. The highest BCUT2D eigenvalue weighted by atomic mass is 16.5. The largest absolute Gasteiger partial charge is 0.385 e. The second kappa shape index (κ2) is 5.98. The van der Waals surface area contributed by atoms with Gasteiger partial charge in [0.25, 0.3) is 0 Å². The van der Waals surface area contributed by atoms with Gasteiger partial charge in [0.1, 0.15) is 5.82 Å². The molecule has 4 heteroatoms. The summed E-state index contributed by atoms with van der Waals surface area (Å²) in [5.41, 5.74) is 8.38. The number of hydrogen-bond donors (Lipinski definition) is 2. The van der Waals surface area contributed by atoms with Gasteiger partial charge in [-0.25, -0.2) is 4.98 Å². The van der Waals surface area contributed by atoms with E-state index in [0.29, 0.717) is 6.54 Å². The quantitative estimate of drug-likeness (QED) is 0.781. The Morgan fingerprint density at radius 2 is 2.35 bits per heavy atom. The highest BCUT2D eigenvalue weighted by Crippen LogP contribution is 2.21. The predicted molar refractivity (Wildman–Crippen MR) is 69.2 cm³/mol. The number of nitrogens with zero attached hydrogens (tertiary/aromatic N) is 1. The Balaban J connectivity index is 1.97. The molecule has 1 aliphatic carbocycles. The molecule has 2 rings (SSSR count). The van der Waals surface area contributed by atoms with Gasteiger partial charge in [0, 0.05) is 32.0 Å². The van der Waals surface area contributed by atoms with Crippen LogP contribution in [-0.4, -0.2) is 31.3 Å². The van der Waals surface area contributed by atoms with Gasteiger partial charge in [-0.05, 0) is 37.3 Å². The number of nitrogens with one attached hydrogen (secondary N) is 1. The van der Waals surface area contributed by atoms with Gasteiger partial charge in [-0.2, -0.15) is 0 Å². The van der Waals surface area contributed by atoms with Crippen molar-refractivity contribution in [1.82, 2.24) is 4.98 Å². The first-order chi connectivity index (χ1) is 8.33. The molecule has 1 aromatic heterocycles. The highest BCUT2D eigenvalue weighted by molar-refractivity contribution is 5.41. The van der Waals surface area contributed by atoms with Crippen molar-refractivity contribution in [3.63, 3.8) is 0 Å². The molecule has 0 saturated carbocycles. The summed E-state index contributed by atoms with van der Waals surface area (Å²) in [4.78, 5) is 4.64. The first-order valence-corrected chi connectivity index (χ1v) is 6.28. The minimum Gasteiger partial charge on any atom is -0.385 e. The average molecular weight is 235 g/mol. The summed E-state index contributed by atoms with van der Waals surface area (Å²) >= 11 is 0. The maximum atomic E-state index is 5.73. The van der Waals surface area contributed by atoms with Gasteiger partial charge >= 0.3 is 0 Å². The van der Waals surface area contributed by atoms with Crippen molar-refractivity contribution in [1.29, 1.82) is 0 Å². The molecule has 0 radical (unpaired) electrons. The number of aromatic nitrogens is 1. The van der Waals surface area contributed by atoms with Gasteiger partial charge in [0.15, 0.2) is 0 Å². The van der Waals surface area contributed by atoms with Crippen LogP contribution in [0.15, 0.2) is 12.1 Å². The third-order valence-corrected chi connectivity index (χ3v) is 3.24. The molecule has 0 aliphatic heterocycles. The van der Waals surface area contributed by atoms with E-state index in [9.17, 15) is 0 Å². The molecule has 1 aliphatic rings. The van der Waals surface area contributed by atoms with Crippen LogP contribution in [0.3, 0.4) is 0 Å². The van der Waals surface area contributed by atoms with Crippen molar-refractivity contribution in [2.24, 2.45) is 5.73 Å². The van der Waals surface area contributed by atoms with E-state index in [1.807, 2.05) is 0 Å². The van der Waals surface area contributed by atoms with E-state index in [2.05, 4.69) is 22.4 Å². The number of rotatable bonds is 6. The number of anilines is 1. The first-order valence-electron chi connectivity index (χ1n) is 6.28. The number of hydrogen-bond acceptors (Lipinski definition) is 4. The summed E-state index contributed by atoms with van der Waals surface area (Å²) in [6, 6.07) is 4.48. The van der Waals surface area contributed by atoms with Crippen LogP contribution in [0, 0.1) is 0 Å². The second-order valence-electron chi connectivity index (χ2n) is 4.51. The third-order valence-electron chi connectivity index (χ3n) is 3.24. The van der Waals surface area contributed by atoms with E-state index >= 15 is 0 Å². The normalized spacial score (nSPS) is 15.6. The van der Waals surface area contributed by atoms with E-state index < -0.39 is 0 Å². The highest BCUT2D eigenvalue weighted by Gasteiger charge is 2.13. The summed E-state index contributed by atoms with van der Waals surface area (Å²) in [6.45, 7) is 1.32. The van der Waals surface area contributed by atoms with Crippen LogP contribution in [-0.2, 0) is 17.6 Å². The minimum atomic E-state index is 0.238. The maximum Gasteiger partial charge on any atom is 0.126 e. The Labute approximate surface area is 103 Å². The number of fused-ring (bicyclic) bond motifs is 1. The topological polar surface area (TPSA) is 60.2 Å². The van der Waals surface area contributed by atoms with Crippen LogP contribution in [0.2, 0.25) is 0 Å². The van der Waals surface area contributed by atoms with Crippen molar-refractivity contribution in [2.45, 2.75) is 31.7 Å². The van der Waals surface area contributed by atoms with E-state index in [0.717, 1.165) is 25.3 Å². The zero-order chi connectivity index (χ0) is 12.1. The standard InChI is InChI=1S/C13H21N3O/c1-17-8-7-11(9-14)15-13-6-5-10-3-2-4-12(10)16-13/h5-6,11H,2-4,7-9,14H2,1H3,(H,15,16). The molecule has 0 spiro atoms. The van der Waals surface area contributed by atoms with E-state index in [-0.39, 0.29) is 6.04 Å². The number of aryl methyl sites for hydroxylation is 2. The molecule has 0 aromatic carbocycles. The Morgan fingerprint density at radius 1 is 1.47 bits per heavy atom. The van der Waals surface area contributed by atoms with Gasteiger partial charge in [0.2, 0.25) is 0 Å². The third kappa shape index (κ3) is 3.17. The van der Waals surface area contributed by atoms with Crippen LogP contribution in [0.25, 0.3) is 0 Å². The maximum absolute atomic E-state index is 5.73. The molecule has 0 saturated heterocycles. The SMILES string of the molecule is COCCC(CN)Nc1ccc2c(n1)CCC2. The van der Waals surface area contributed by atoms with Crippen molar-refractivity contribution in [3.05, 3.63) is 23.4 Å². The lowest BCUT2D eigenvalue weighted by molar-refractivity contribution is 0.190. The fourth-order valence-electron chi connectivity index (χ4n) is 2.22. The molecule has 0 bridgehead atoms. The first kappa shape index (κ1) is 12.3. The van der Waals surface area contributed by atoms with Gasteiger partial charge in [-0.15, -0.1) is 0 Å². The summed E-state index contributed by atoms with van der Waals surface area (Å²) in [5, 5.41) is 3.38. The molecule has 0 amide bonds. The Kier molecular flexibility index (Phi) is 4.34. The minimum absolute atomic E-state index is 0.238. The molecular weight excluding hydrogens is 214 g/mol. The lowest BCUT2D eigenvalue weighted by Gasteiger charge is -2.17. The molecule has 3 N–H and O–H groups in total. The fourth-order valence-corrected chi connectivity index (χ4v) is 2.22. The summed E-state index contributed by atoms with van der Waals surface area (Å²) in [5.74, 6) is 0.942. The average Bonchev–Trinajstić information content (AvgIpc) is 2.81. The van der Waals surface area contributed by atoms with Crippen LogP contribution in [0.4, 0.5) is 5.82 Å². The molecule has 4 nitrogen and oxygen atoms in total. The van der Waals surface area contributed by atoms with Crippen molar-refractivity contribution in [3.8, 4) is 0 Å². The lowest BCUT2D eigenvalue weighted by Crippen LogP contribution is -2.30. The Hall–Kier alpha value is -1.13. The van der Waals surface area contributed by atoms with E-state index in [4.69, 9.17) is 10.5 Å². The van der Waals surface area contributed by atoms with Crippen molar-refractivity contribution >= 4 is 5.82 Å². The van der Waals surface area contributed by atoms with Gasteiger partial charge < -0.3 is 15.8 Å². The number of pyridine rings is 1. The zero-order valence-corrected chi connectivity index (χ0v) is 10.4. The number of methoxy groups -OCH3 is 1. The molecule has 1 unspecified atom stereocenters. The smallest absolute Gasteiger partial charge is 0.126 e. The van der Waals surface area contributed by atoms with Crippen molar-refractivity contribution in [2.75, 3.05) is 25.6 Å². The summed E-state index contributed by atoms with van der Waals surface area (Å²) in [6.07, 6.45) is 4.42. The molecule has 94 valence electrons. The van der Waals surface area contributed by atoms with Crippen LogP contribution < -0.4 is 11.1 Å². The van der Waals surface area contributed by atoms with Gasteiger partial charge in [-0.3, -0.25) is 0 Å². The van der Waals surface area contributed by atoms with E-state index in [1.54, 1.807) is 7.11 Å². The molecule has 1 aromatic rings. The summed E-state index contributed by atoms with van der Waals surface area (Å²) in [7, 11) is 1.71. The van der Waals surface area contributed by atoms with Crippen molar-refractivity contribution < 1.29 is 4.74 Å². The fraction of sp³-hybridized carbons (Fsp3) is 0.615. The predicted octanol–water partition coefficient (Wildman–Crippen LogP) is 1.35. The second-order valence-corrected chi connectivity index (χ2v) is 4.51. The summed E-state index contributed by atoms with van der Waals surface area (Å²) < 4.78 is 5.07.